The number of nitrogens with zero attached hydrogens (tertiary/aromatic N) is 2. The average molecular weight is 384 g/mol. The van der Waals surface area contributed by atoms with Crippen LogP contribution in [0.25, 0.3) is 0 Å². The summed E-state index contributed by atoms with van der Waals surface area (Å²) in [5.41, 5.74) is 6.38. The van der Waals surface area contributed by atoms with Gasteiger partial charge in [0.1, 0.15) is 0 Å². The Morgan fingerprint density at radius 2 is 1.58 bits per heavy atom. The van der Waals surface area contributed by atoms with Gasteiger partial charge in [0.2, 0.25) is 11.8 Å². The molecule has 6 heteroatoms. The molecule has 5 nitrogen and oxygen atoms in total. The summed E-state index contributed by atoms with van der Waals surface area (Å²) < 4.78 is 0. The van der Waals surface area contributed by atoms with Crippen molar-refractivity contribution in [3.8, 4) is 0 Å². The molecule has 2 bridgehead atoms. The van der Waals surface area contributed by atoms with Gasteiger partial charge in [0.15, 0.2) is 0 Å². The molecule has 2 unspecified atom stereocenters. The highest BCUT2D eigenvalue weighted by molar-refractivity contribution is 5.85. The van der Waals surface area contributed by atoms with Crippen LogP contribution < -0.4 is 5.73 Å². The smallest absolute Gasteiger partial charge is 0.225 e. The van der Waals surface area contributed by atoms with E-state index in [4.69, 9.17) is 5.73 Å². The molecule has 2 saturated carbocycles. The summed E-state index contributed by atoms with van der Waals surface area (Å²) in [6.07, 6.45) is 10.5. The van der Waals surface area contributed by atoms with E-state index in [9.17, 15) is 9.59 Å². The first-order valence-electron chi connectivity index (χ1n) is 10.5. The molecule has 148 valence electrons. The van der Waals surface area contributed by atoms with Crippen molar-refractivity contribution in [2.75, 3.05) is 19.6 Å². The van der Waals surface area contributed by atoms with Crippen molar-refractivity contribution in [3.63, 3.8) is 0 Å². The molecular weight excluding hydrogens is 350 g/mol. The molecule has 0 radical (unpaired) electrons. The van der Waals surface area contributed by atoms with E-state index in [1.54, 1.807) is 0 Å². The maximum atomic E-state index is 13.0. The van der Waals surface area contributed by atoms with Crippen molar-refractivity contribution in [1.29, 1.82) is 0 Å². The van der Waals surface area contributed by atoms with Crippen LogP contribution in [0.15, 0.2) is 0 Å². The van der Waals surface area contributed by atoms with Gasteiger partial charge in [-0.25, -0.2) is 0 Å². The maximum Gasteiger partial charge on any atom is 0.225 e. The monoisotopic (exact) mass is 383 g/mol. The van der Waals surface area contributed by atoms with Crippen LogP contribution >= 0.6 is 12.4 Å². The fraction of sp³-hybridized carbons (Fsp3) is 0.900. The molecule has 2 amide bonds. The van der Waals surface area contributed by atoms with Crippen LogP contribution in [-0.4, -0.2) is 53.3 Å². The SMILES string of the molecule is Cl.NC1C2CCCC1CC(C(=O)N1CCC(N3CCCCC3=O)CC1)C2. The molecule has 2 atom stereocenters. The number of carbonyl (C=O) groups excluding carboxylic acids is 2. The van der Waals surface area contributed by atoms with E-state index in [1.807, 2.05) is 0 Å². The van der Waals surface area contributed by atoms with Gasteiger partial charge in [0.05, 0.1) is 0 Å². The van der Waals surface area contributed by atoms with Crippen molar-refractivity contribution in [3.05, 3.63) is 0 Å². The Hall–Kier alpha value is -0.810. The Morgan fingerprint density at radius 3 is 2.19 bits per heavy atom. The van der Waals surface area contributed by atoms with E-state index in [-0.39, 0.29) is 18.3 Å². The van der Waals surface area contributed by atoms with Crippen molar-refractivity contribution in [2.45, 2.75) is 76.3 Å². The minimum atomic E-state index is 0. The molecule has 2 saturated heterocycles. The van der Waals surface area contributed by atoms with Crippen LogP contribution in [0.5, 0.6) is 0 Å². The van der Waals surface area contributed by atoms with E-state index >= 15 is 0 Å². The van der Waals surface area contributed by atoms with Crippen LogP contribution in [0.2, 0.25) is 0 Å². The quantitative estimate of drug-likeness (QED) is 0.796. The molecule has 0 spiro atoms. The first-order valence-corrected chi connectivity index (χ1v) is 10.5. The van der Waals surface area contributed by atoms with Gasteiger partial charge < -0.3 is 15.5 Å². The summed E-state index contributed by atoms with van der Waals surface area (Å²) in [4.78, 5) is 29.4. The van der Waals surface area contributed by atoms with Crippen LogP contribution in [0.1, 0.15) is 64.2 Å². The maximum absolute atomic E-state index is 13.0. The second-order valence-electron chi connectivity index (χ2n) is 8.80. The third-order valence-electron chi connectivity index (χ3n) is 7.34. The van der Waals surface area contributed by atoms with E-state index in [2.05, 4.69) is 9.80 Å². The molecule has 2 N–H and O–H groups in total. The topological polar surface area (TPSA) is 66.6 Å². The van der Waals surface area contributed by atoms with Gasteiger partial charge in [-0.15, -0.1) is 12.4 Å². The summed E-state index contributed by atoms with van der Waals surface area (Å²) in [5.74, 6) is 2.01. The van der Waals surface area contributed by atoms with E-state index in [1.165, 1.54) is 19.3 Å². The number of nitrogens with two attached hydrogens (primary N) is 1. The number of amides is 2. The summed E-state index contributed by atoms with van der Waals surface area (Å²) in [5, 5.41) is 0. The highest BCUT2D eigenvalue weighted by Crippen LogP contribution is 2.42. The Balaban J connectivity index is 0.00000196. The number of piperidine rings is 2. The van der Waals surface area contributed by atoms with Gasteiger partial charge in [0.25, 0.3) is 0 Å². The normalized spacial score (nSPS) is 35.8. The van der Waals surface area contributed by atoms with Crippen LogP contribution in [0, 0.1) is 17.8 Å². The number of hydrogen-bond donors (Lipinski definition) is 1. The van der Waals surface area contributed by atoms with Crippen molar-refractivity contribution < 1.29 is 9.59 Å². The number of rotatable bonds is 2. The lowest BCUT2D eigenvalue weighted by Gasteiger charge is -2.46. The second-order valence-corrected chi connectivity index (χ2v) is 8.80. The molecule has 4 fully saturated rings. The van der Waals surface area contributed by atoms with Crippen LogP contribution in [0.3, 0.4) is 0 Å². The van der Waals surface area contributed by atoms with E-state index in [0.717, 1.165) is 58.2 Å². The first-order chi connectivity index (χ1) is 12.1. The standard InChI is InChI=1S/C20H33N3O2.ClH/c21-19-14-4-3-5-15(19)13-16(12-14)20(25)22-10-7-17(8-11-22)23-9-2-1-6-18(23)24;/h14-17,19H,1-13,21H2;1H. The third-order valence-corrected chi connectivity index (χ3v) is 7.34. The lowest BCUT2D eigenvalue weighted by atomic mass is 9.65. The molecule has 0 aromatic rings. The molecule has 2 heterocycles. The first kappa shape index (κ1) is 19.9. The Labute approximate surface area is 163 Å². The Bertz CT molecular complexity index is 507. The lowest BCUT2D eigenvalue weighted by Crippen LogP contribution is -2.53. The molecular formula is C20H34ClN3O2. The van der Waals surface area contributed by atoms with Gasteiger partial charge in [-0.05, 0) is 63.2 Å². The molecule has 26 heavy (non-hydrogen) atoms. The fourth-order valence-electron chi connectivity index (χ4n) is 5.86. The summed E-state index contributed by atoms with van der Waals surface area (Å²) >= 11 is 0. The zero-order valence-corrected chi connectivity index (χ0v) is 16.6. The van der Waals surface area contributed by atoms with Crippen LogP contribution in [0.4, 0.5) is 0 Å². The van der Waals surface area contributed by atoms with Crippen LogP contribution in [-0.2, 0) is 9.59 Å². The molecule has 2 aliphatic heterocycles. The molecule has 4 aliphatic rings. The predicted octanol–water partition coefficient (Wildman–Crippen LogP) is 2.57. The number of halogens is 1. The van der Waals surface area contributed by atoms with Gasteiger partial charge in [-0.2, -0.15) is 0 Å². The zero-order chi connectivity index (χ0) is 17.4. The van der Waals surface area contributed by atoms with E-state index < -0.39 is 0 Å². The average Bonchev–Trinajstić information content (AvgIpc) is 2.61. The number of hydrogen-bond acceptors (Lipinski definition) is 3. The zero-order valence-electron chi connectivity index (χ0n) is 15.8. The second kappa shape index (κ2) is 8.47. The number of fused-ring (bicyclic) bond motifs is 2. The molecule has 0 aromatic carbocycles. The predicted molar refractivity (Wildman–Crippen MR) is 104 cm³/mol. The van der Waals surface area contributed by atoms with Gasteiger partial charge in [0, 0.05) is 44.1 Å². The number of likely N-dealkylation sites (tertiary alicyclic amines) is 2. The van der Waals surface area contributed by atoms with Gasteiger partial charge in [-0.1, -0.05) is 6.42 Å². The largest absolute Gasteiger partial charge is 0.342 e. The highest BCUT2D eigenvalue weighted by atomic mass is 35.5. The molecule has 0 aromatic heterocycles. The van der Waals surface area contributed by atoms with Gasteiger partial charge >= 0.3 is 0 Å². The summed E-state index contributed by atoms with van der Waals surface area (Å²) in [6.45, 7) is 2.57. The molecule has 2 aliphatic carbocycles. The Kier molecular flexibility index (Phi) is 6.50. The minimum absolute atomic E-state index is 0. The lowest BCUT2D eigenvalue weighted by molar-refractivity contribution is -0.142. The van der Waals surface area contributed by atoms with Crippen molar-refractivity contribution in [2.24, 2.45) is 23.5 Å². The minimum Gasteiger partial charge on any atom is -0.342 e. The van der Waals surface area contributed by atoms with Crippen molar-refractivity contribution in [1.82, 2.24) is 9.80 Å². The summed E-state index contributed by atoms with van der Waals surface area (Å²) in [6, 6.07) is 0.685. The van der Waals surface area contributed by atoms with E-state index in [0.29, 0.717) is 42.2 Å². The summed E-state index contributed by atoms with van der Waals surface area (Å²) in [7, 11) is 0. The number of carbonyl (C=O) groups is 2. The highest BCUT2D eigenvalue weighted by Gasteiger charge is 2.42. The molecule has 4 rings (SSSR count). The third kappa shape index (κ3) is 3.89. The van der Waals surface area contributed by atoms with Crippen molar-refractivity contribution >= 4 is 24.2 Å². The Morgan fingerprint density at radius 1 is 0.923 bits per heavy atom. The van der Waals surface area contributed by atoms with Gasteiger partial charge in [-0.3, -0.25) is 9.59 Å². The fourth-order valence-corrected chi connectivity index (χ4v) is 5.86.